The number of nitrogens with one attached hydrogen (secondary N) is 2. The first-order chi connectivity index (χ1) is 14.5. The highest BCUT2D eigenvalue weighted by atomic mass is 32.2. The number of hydrazone groups is 1. The fourth-order valence-corrected chi connectivity index (χ4v) is 4.24. The molecule has 0 saturated carbocycles. The summed E-state index contributed by atoms with van der Waals surface area (Å²) >= 11 is 0. The van der Waals surface area contributed by atoms with Crippen LogP contribution < -0.4 is 10.1 Å². The van der Waals surface area contributed by atoms with Crippen molar-refractivity contribution >= 4 is 27.3 Å². The molecule has 9 heteroatoms. The molecular weight excluding hydrogens is 404 g/mol. The minimum atomic E-state index is -3.78. The van der Waals surface area contributed by atoms with E-state index in [4.69, 9.17) is 4.42 Å². The Kier molecular flexibility index (Phi) is 5.37. The molecule has 0 spiro atoms. The van der Waals surface area contributed by atoms with Gasteiger partial charge in [-0.3, -0.25) is 9.78 Å². The number of benzene rings is 1. The van der Waals surface area contributed by atoms with Crippen molar-refractivity contribution in [3.05, 3.63) is 77.5 Å². The number of anilines is 1. The lowest BCUT2D eigenvalue weighted by Crippen LogP contribution is -2.22. The molecule has 2 N–H and O–H groups in total. The summed E-state index contributed by atoms with van der Waals surface area (Å²) in [4.78, 5) is 19.1. The Labute approximate surface area is 174 Å². The molecule has 0 bridgehead atoms. The first-order valence-electron chi connectivity index (χ1n) is 9.43. The Balaban J connectivity index is 1.61. The zero-order valence-corrected chi connectivity index (χ0v) is 17.1. The van der Waals surface area contributed by atoms with Gasteiger partial charge >= 0.3 is 0 Å². The first-order valence-corrected chi connectivity index (χ1v) is 10.9. The second kappa shape index (κ2) is 8.11. The maximum absolute atomic E-state index is 12.7. The van der Waals surface area contributed by atoms with E-state index in [1.54, 1.807) is 49.6 Å². The van der Waals surface area contributed by atoms with Gasteiger partial charge in [0.2, 0.25) is 0 Å². The van der Waals surface area contributed by atoms with Crippen LogP contribution in [0.3, 0.4) is 0 Å². The lowest BCUT2D eigenvalue weighted by atomic mass is 9.93. The van der Waals surface area contributed by atoms with Crippen molar-refractivity contribution in [1.82, 2.24) is 9.82 Å². The summed E-state index contributed by atoms with van der Waals surface area (Å²) in [6, 6.07) is 11.5. The molecule has 0 fully saturated rings. The lowest BCUT2D eigenvalue weighted by molar-refractivity contribution is 0.0994. The SMILES string of the molecule is Cc1c(C(=O)Nc2cccnc2)oc2c1/C(=N/NS(=O)(=O)c1ccccc1)CCC2. The van der Waals surface area contributed by atoms with Gasteiger partial charge in [0.25, 0.3) is 15.9 Å². The number of hydrogen-bond acceptors (Lipinski definition) is 6. The van der Waals surface area contributed by atoms with Gasteiger partial charge in [-0.1, -0.05) is 18.2 Å². The Hall–Kier alpha value is -3.46. The monoisotopic (exact) mass is 424 g/mol. The Bertz CT molecular complexity index is 1200. The Morgan fingerprint density at radius 2 is 1.93 bits per heavy atom. The normalized spacial score (nSPS) is 14.9. The van der Waals surface area contributed by atoms with E-state index in [1.807, 2.05) is 0 Å². The molecule has 1 amide bonds. The number of carbonyl (C=O) groups excluding carboxylic acids is 1. The van der Waals surface area contributed by atoms with Crippen LogP contribution in [0.5, 0.6) is 0 Å². The molecule has 0 radical (unpaired) electrons. The van der Waals surface area contributed by atoms with Gasteiger partial charge in [0.05, 0.1) is 22.5 Å². The number of sulfonamides is 1. The van der Waals surface area contributed by atoms with Crippen molar-refractivity contribution in [2.45, 2.75) is 31.1 Å². The van der Waals surface area contributed by atoms with E-state index in [1.165, 1.54) is 12.1 Å². The van der Waals surface area contributed by atoms with Crippen LogP contribution >= 0.6 is 0 Å². The molecule has 0 atom stereocenters. The molecule has 0 saturated heterocycles. The van der Waals surface area contributed by atoms with Gasteiger partial charge in [0.15, 0.2) is 5.76 Å². The number of nitrogens with zero attached hydrogens (tertiary/aromatic N) is 2. The molecule has 0 unspecified atom stereocenters. The number of rotatable bonds is 5. The van der Waals surface area contributed by atoms with E-state index < -0.39 is 10.0 Å². The van der Waals surface area contributed by atoms with Gasteiger partial charge in [-0.05, 0) is 44.0 Å². The average Bonchev–Trinajstić information content (AvgIpc) is 3.11. The molecule has 1 aromatic carbocycles. The molecule has 3 aromatic rings. The zero-order valence-electron chi connectivity index (χ0n) is 16.3. The quantitative estimate of drug-likeness (QED) is 0.610. The van der Waals surface area contributed by atoms with Crippen LogP contribution in [0.15, 0.2) is 69.3 Å². The third kappa shape index (κ3) is 3.97. The third-order valence-corrected chi connectivity index (χ3v) is 6.03. The van der Waals surface area contributed by atoms with E-state index in [9.17, 15) is 13.2 Å². The number of aryl methyl sites for hydroxylation is 1. The molecule has 1 aliphatic carbocycles. The fourth-order valence-electron chi connectivity index (χ4n) is 3.39. The molecular formula is C21H20N4O4S. The van der Waals surface area contributed by atoms with Gasteiger partial charge in [-0.2, -0.15) is 18.4 Å². The van der Waals surface area contributed by atoms with Crippen LogP contribution in [0, 0.1) is 6.92 Å². The second-order valence-corrected chi connectivity index (χ2v) is 8.53. The maximum atomic E-state index is 12.7. The minimum absolute atomic E-state index is 0.130. The fraction of sp³-hybridized carbons (Fsp3) is 0.190. The van der Waals surface area contributed by atoms with E-state index in [-0.39, 0.29) is 16.6 Å². The van der Waals surface area contributed by atoms with Gasteiger partial charge in [0, 0.05) is 23.7 Å². The van der Waals surface area contributed by atoms with E-state index >= 15 is 0 Å². The third-order valence-electron chi connectivity index (χ3n) is 4.81. The molecule has 30 heavy (non-hydrogen) atoms. The highest BCUT2D eigenvalue weighted by Crippen LogP contribution is 2.30. The van der Waals surface area contributed by atoms with E-state index in [0.29, 0.717) is 41.1 Å². The van der Waals surface area contributed by atoms with Crippen molar-refractivity contribution in [3.63, 3.8) is 0 Å². The second-order valence-electron chi connectivity index (χ2n) is 6.87. The van der Waals surface area contributed by atoms with Crippen molar-refractivity contribution in [2.24, 2.45) is 5.10 Å². The van der Waals surface area contributed by atoms with Crippen LogP contribution in [0.25, 0.3) is 0 Å². The van der Waals surface area contributed by atoms with Gasteiger partial charge < -0.3 is 9.73 Å². The molecule has 0 aliphatic heterocycles. The maximum Gasteiger partial charge on any atom is 0.291 e. The topological polar surface area (TPSA) is 114 Å². The summed E-state index contributed by atoms with van der Waals surface area (Å²) in [6.45, 7) is 1.77. The molecule has 8 nitrogen and oxygen atoms in total. The number of carbonyl (C=O) groups is 1. The first kappa shape index (κ1) is 19.8. The summed E-state index contributed by atoms with van der Waals surface area (Å²) < 4.78 is 30.8. The van der Waals surface area contributed by atoms with Crippen molar-refractivity contribution in [3.8, 4) is 0 Å². The van der Waals surface area contributed by atoms with Crippen molar-refractivity contribution < 1.29 is 17.6 Å². The number of hydrogen-bond donors (Lipinski definition) is 2. The smallest absolute Gasteiger partial charge is 0.291 e. The van der Waals surface area contributed by atoms with Crippen LogP contribution in [-0.2, 0) is 16.4 Å². The van der Waals surface area contributed by atoms with Gasteiger partial charge in [-0.25, -0.2) is 0 Å². The number of fused-ring (bicyclic) bond motifs is 1. The largest absolute Gasteiger partial charge is 0.455 e. The van der Waals surface area contributed by atoms with Gasteiger partial charge in [-0.15, -0.1) is 0 Å². The summed E-state index contributed by atoms with van der Waals surface area (Å²) in [5.41, 5.74) is 2.43. The molecule has 1 aliphatic rings. The summed E-state index contributed by atoms with van der Waals surface area (Å²) in [7, 11) is -3.78. The van der Waals surface area contributed by atoms with Crippen LogP contribution in [0.4, 0.5) is 5.69 Å². The number of amides is 1. The van der Waals surface area contributed by atoms with Crippen molar-refractivity contribution in [2.75, 3.05) is 5.32 Å². The van der Waals surface area contributed by atoms with Gasteiger partial charge in [0.1, 0.15) is 5.76 Å². The number of aromatic nitrogens is 1. The van der Waals surface area contributed by atoms with Crippen molar-refractivity contribution in [1.29, 1.82) is 0 Å². The molecule has 2 heterocycles. The zero-order chi connectivity index (χ0) is 21.1. The lowest BCUT2D eigenvalue weighted by Gasteiger charge is -2.14. The van der Waals surface area contributed by atoms with E-state index in [2.05, 4.69) is 20.2 Å². The summed E-state index contributed by atoms with van der Waals surface area (Å²) in [5, 5.41) is 6.92. The minimum Gasteiger partial charge on any atom is -0.455 e. The Morgan fingerprint density at radius 3 is 2.67 bits per heavy atom. The molecule has 4 rings (SSSR count). The van der Waals surface area contributed by atoms with Crippen LogP contribution in [-0.4, -0.2) is 25.0 Å². The molecule has 154 valence electrons. The number of furan rings is 1. The van der Waals surface area contributed by atoms with E-state index in [0.717, 1.165) is 6.42 Å². The summed E-state index contributed by atoms with van der Waals surface area (Å²) in [5.74, 6) is 0.427. The number of pyridine rings is 1. The predicted molar refractivity (Wildman–Crippen MR) is 112 cm³/mol. The summed E-state index contributed by atoms with van der Waals surface area (Å²) in [6.07, 6.45) is 5.14. The van der Waals surface area contributed by atoms with Crippen LogP contribution in [0.1, 0.15) is 40.3 Å². The highest BCUT2D eigenvalue weighted by molar-refractivity contribution is 7.89. The molecule has 2 aromatic heterocycles. The highest BCUT2D eigenvalue weighted by Gasteiger charge is 2.28. The average molecular weight is 424 g/mol. The standard InChI is InChI=1S/C21H20N4O4S/c1-14-19-17(24-25-30(27,28)16-8-3-2-4-9-16)10-5-11-18(19)29-20(14)21(26)23-15-7-6-12-22-13-15/h2-4,6-9,12-13,25H,5,10-11H2,1H3,(H,23,26)/b24-17+. The van der Waals surface area contributed by atoms with Crippen LogP contribution in [0.2, 0.25) is 0 Å². The Morgan fingerprint density at radius 1 is 1.13 bits per heavy atom. The predicted octanol–water partition coefficient (Wildman–Crippen LogP) is 3.25.